The molecule has 1 amide bonds. The van der Waals surface area contributed by atoms with E-state index in [-0.39, 0.29) is 16.5 Å². The molecule has 0 aliphatic heterocycles. The van der Waals surface area contributed by atoms with E-state index in [1.807, 2.05) is 6.92 Å². The molecule has 0 aromatic heterocycles. The minimum atomic E-state index is -3.96. The summed E-state index contributed by atoms with van der Waals surface area (Å²) < 4.78 is 36.2. The standard InChI is InChI=1S/C14H19FN2O3S/c1-14(7-3-2-4-8-14)13(18)17-12-6-5-10(9-11(12)15)21(16,19)20/h5-6,9H,2-4,7-8H2,1H3,(H,17,18)(H2,16,19,20). The van der Waals surface area contributed by atoms with Crippen LogP contribution in [0.4, 0.5) is 10.1 Å². The SMILES string of the molecule is CC1(C(=O)Nc2ccc(S(N)(=O)=O)cc2F)CCCCC1. The zero-order chi connectivity index (χ0) is 15.7. The fourth-order valence-electron chi connectivity index (χ4n) is 2.61. The number of amides is 1. The van der Waals surface area contributed by atoms with Crippen LogP contribution in [0, 0.1) is 11.2 Å². The van der Waals surface area contributed by atoms with Crippen molar-refractivity contribution in [1.29, 1.82) is 0 Å². The maximum absolute atomic E-state index is 13.9. The molecule has 1 fully saturated rings. The van der Waals surface area contributed by atoms with Gasteiger partial charge in [-0.25, -0.2) is 17.9 Å². The average Bonchev–Trinajstić information content (AvgIpc) is 2.40. The molecule has 0 unspecified atom stereocenters. The topological polar surface area (TPSA) is 89.3 Å². The third-order valence-corrected chi connectivity index (χ3v) is 4.93. The number of rotatable bonds is 3. The van der Waals surface area contributed by atoms with Crippen LogP contribution in [0.5, 0.6) is 0 Å². The molecule has 1 aromatic rings. The summed E-state index contributed by atoms with van der Waals surface area (Å²) in [6.07, 6.45) is 4.62. The molecule has 3 N–H and O–H groups in total. The molecule has 0 spiro atoms. The quantitative estimate of drug-likeness (QED) is 0.897. The number of primary sulfonamides is 1. The van der Waals surface area contributed by atoms with E-state index in [0.717, 1.165) is 38.2 Å². The van der Waals surface area contributed by atoms with E-state index in [0.29, 0.717) is 0 Å². The third-order valence-electron chi connectivity index (χ3n) is 4.02. The number of carbonyl (C=O) groups excluding carboxylic acids is 1. The summed E-state index contributed by atoms with van der Waals surface area (Å²) in [5.41, 5.74) is -0.525. The van der Waals surface area contributed by atoms with Gasteiger partial charge in [-0.2, -0.15) is 0 Å². The van der Waals surface area contributed by atoms with Gasteiger partial charge >= 0.3 is 0 Å². The molecule has 116 valence electrons. The second kappa shape index (κ2) is 5.73. The highest BCUT2D eigenvalue weighted by Gasteiger charge is 2.34. The molecule has 0 atom stereocenters. The fourth-order valence-corrected chi connectivity index (χ4v) is 3.13. The lowest BCUT2D eigenvalue weighted by atomic mass is 9.75. The van der Waals surface area contributed by atoms with Gasteiger partial charge in [0.25, 0.3) is 0 Å². The van der Waals surface area contributed by atoms with E-state index in [4.69, 9.17) is 5.14 Å². The lowest BCUT2D eigenvalue weighted by molar-refractivity contribution is -0.126. The molecule has 7 heteroatoms. The molecule has 1 aromatic carbocycles. The summed E-state index contributed by atoms with van der Waals surface area (Å²) in [5, 5.41) is 7.48. The van der Waals surface area contributed by atoms with Crippen LogP contribution >= 0.6 is 0 Å². The van der Waals surface area contributed by atoms with Crippen LogP contribution in [0.15, 0.2) is 23.1 Å². The predicted molar refractivity (Wildman–Crippen MR) is 77.6 cm³/mol. The molecule has 1 saturated carbocycles. The number of benzene rings is 1. The fraction of sp³-hybridized carbons (Fsp3) is 0.500. The molecule has 0 heterocycles. The number of anilines is 1. The number of nitrogens with one attached hydrogen (secondary N) is 1. The lowest BCUT2D eigenvalue weighted by Crippen LogP contribution is -2.35. The molecule has 21 heavy (non-hydrogen) atoms. The highest BCUT2D eigenvalue weighted by Crippen LogP contribution is 2.37. The monoisotopic (exact) mass is 314 g/mol. The van der Waals surface area contributed by atoms with Crippen LogP contribution in [-0.2, 0) is 14.8 Å². The van der Waals surface area contributed by atoms with E-state index < -0.39 is 21.3 Å². The number of hydrogen-bond donors (Lipinski definition) is 2. The number of sulfonamides is 1. The first-order valence-electron chi connectivity index (χ1n) is 6.86. The van der Waals surface area contributed by atoms with Crippen LogP contribution in [0.25, 0.3) is 0 Å². The molecule has 1 aliphatic rings. The van der Waals surface area contributed by atoms with E-state index in [1.165, 1.54) is 12.1 Å². The van der Waals surface area contributed by atoms with Crippen LogP contribution in [0.3, 0.4) is 0 Å². The van der Waals surface area contributed by atoms with Crippen molar-refractivity contribution >= 4 is 21.6 Å². The molecule has 1 aliphatic carbocycles. The summed E-state index contributed by atoms with van der Waals surface area (Å²) >= 11 is 0. The molecule has 0 bridgehead atoms. The maximum atomic E-state index is 13.9. The first-order valence-corrected chi connectivity index (χ1v) is 8.41. The summed E-state index contributed by atoms with van der Waals surface area (Å²) in [5.74, 6) is -1.04. The van der Waals surface area contributed by atoms with E-state index in [2.05, 4.69) is 5.32 Å². The molecule has 0 saturated heterocycles. The Kier molecular flexibility index (Phi) is 4.34. The Morgan fingerprint density at radius 1 is 1.29 bits per heavy atom. The first-order chi connectivity index (χ1) is 9.72. The number of halogens is 1. The molecular formula is C14H19FN2O3S. The van der Waals surface area contributed by atoms with Gasteiger partial charge in [-0.05, 0) is 31.0 Å². The summed E-state index contributed by atoms with van der Waals surface area (Å²) in [6.45, 7) is 1.87. The predicted octanol–water partition coefficient (Wildman–Crippen LogP) is 2.38. The Bertz CT molecular complexity index is 652. The molecule has 2 rings (SSSR count). The van der Waals surface area contributed by atoms with Gasteiger partial charge in [0.05, 0.1) is 10.6 Å². The maximum Gasteiger partial charge on any atom is 0.238 e. The lowest BCUT2D eigenvalue weighted by Gasteiger charge is -2.32. The number of nitrogens with two attached hydrogens (primary N) is 1. The largest absolute Gasteiger partial charge is 0.323 e. The van der Waals surface area contributed by atoms with Crippen molar-refractivity contribution in [3.63, 3.8) is 0 Å². The van der Waals surface area contributed by atoms with Crippen molar-refractivity contribution in [2.24, 2.45) is 10.6 Å². The molecule has 5 nitrogen and oxygen atoms in total. The van der Waals surface area contributed by atoms with Crippen LogP contribution in [0.1, 0.15) is 39.0 Å². The zero-order valence-corrected chi connectivity index (χ0v) is 12.7. The van der Waals surface area contributed by atoms with Gasteiger partial charge in [-0.1, -0.05) is 26.2 Å². The Morgan fingerprint density at radius 2 is 1.90 bits per heavy atom. The van der Waals surface area contributed by atoms with Crippen LogP contribution < -0.4 is 10.5 Å². The van der Waals surface area contributed by atoms with E-state index in [1.54, 1.807) is 0 Å². The van der Waals surface area contributed by atoms with Crippen molar-refractivity contribution in [2.75, 3.05) is 5.32 Å². The molecule has 0 radical (unpaired) electrons. The minimum absolute atomic E-state index is 0.0285. The minimum Gasteiger partial charge on any atom is -0.323 e. The second-order valence-corrected chi connectivity index (χ2v) is 7.32. The first kappa shape index (κ1) is 15.9. The normalized spacial score (nSPS) is 18.2. The number of hydrogen-bond acceptors (Lipinski definition) is 3. The Morgan fingerprint density at radius 3 is 2.43 bits per heavy atom. The Hall–Kier alpha value is -1.47. The van der Waals surface area contributed by atoms with Crippen molar-refractivity contribution in [3.05, 3.63) is 24.0 Å². The van der Waals surface area contributed by atoms with Gasteiger partial charge in [0.15, 0.2) is 0 Å². The second-order valence-electron chi connectivity index (χ2n) is 5.76. The van der Waals surface area contributed by atoms with Gasteiger partial charge < -0.3 is 5.32 Å². The summed E-state index contributed by atoms with van der Waals surface area (Å²) in [6, 6.07) is 3.21. The van der Waals surface area contributed by atoms with Gasteiger partial charge in [0.2, 0.25) is 15.9 Å². The average molecular weight is 314 g/mol. The van der Waals surface area contributed by atoms with Crippen LogP contribution in [-0.4, -0.2) is 14.3 Å². The van der Waals surface area contributed by atoms with Gasteiger partial charge in [-0.3, -0.25) is 4.79 Å². The highest BCUT2D eigenvalue weighted by atomic mass is 32.2. The van der Waals surface area contributed by atoms with Gasteiger partial charge in [0, 0.05) is 5.41 Å². The Balaban J connectivity index is 2.18. The molecular weight excluding hydrogens is 295 g/mol. The van der Waals surface area contributed by atoms with Crippen molar-refractivity contribution in [1.82, 2.24) is 0 Å². The van der Waals surface area contributed by atoms with E-state index in [9.17, 15) is 17.6 Å². The van der Waals surface area contributed by atoms with E-state index >= 15 is 0 Å². The summed E-state index contributed by atoms with van der Waals surface area (Å²) in [4.78, 5) is 12.0. The third kappa shape index (κ3) is 3.59. The smallest absolute Gasteiger partial charge is 0.238 e. The van der Waals surface area contributed by atoms with Gasteiger partial charge in [-0.15, -0.1) is 0 Å². The number of carbonyl (C=O) groups is 1. The van der Waals surface area contributed by atoms with Gasteiger partial charge in [0.1, 0.15) is 5.82 Å². The highest BCUT2D eigenvalue weighted by molar-refractivity contribution is 7.89. The van der Waals surface area contributed by atoms with Crippen molar-refractivity contribution < 1.29 is 17.6 Å². The van der Waals surface area contributed by atoms with Crippen molar-refractivity contribution in [2.45, 2.75) is 43.9 Å². The van der Waals surface area contributed by atoms with Crippen molar-refractivity contribution in [3.8, 4) is 0 Å². The Labute approximate surface area is 123 Å². The van der Waals surface area contributed by atoms with Crippen LogP contribution in [0.2, 0.25) is 0 Å². The zero-order valence-electron chi connectivity index (χ0n) is 11.9. The summed E-state index contributed by atoms with van der Waals surface area (Å²) in [7, 11) is -3.96.